The van der Waals surface area contributed by atoms with Crippen LogP contribution >= 0.6 is 0 Å². The third-order valence-electron chi connectivity index (χ3n) is 7.79. The molecule has 0 saturated heterocycles. The van der Waals surface area contributed by atoms with E-state index in [1.807, 2.05) is 0 Å². The first-order valence-electron chi connectivity index (χ1n) is 13.0. The predicted molar refractivity (Wildman–Crippen MR) is 157 cm³/mol. The van der Waals surface area contributed by atoms with Crippen molar-refractivity contribution >= 4 is 43.1 Å². The van der Waals surface area contributed by atoms with Gasteiger partial charge in [-0.15, -0.1) is 0 Å². The lowest BCUT2D eigenvalue weighted by molar-refractivity contribution is 0.591. The normalized spacial score (nSPS) is 13.4. The lowest BCUT2D eigenvalue weighted by Gasteiger charge is -2.27. The molecule has 0 N–H and O–H groups in total. The molecule has 0 amide bonds. The van der Waals surface area contributed by atoms with Crippen LogP contribution in [0.25, 0.3) is 43.1 Å². The number of hydrogen-bond donors (Lipinski definition) is 0. The molecule has 0 aliphatic rings. The molecular weight excluding hydrogens is 420 g/mol. The first-order valence-corrected chi connectivity index (χ1v) is 13.0. The highest BCUT2D eigenvalue weighted by Gasteiger charge is 2.24. The Morgan fingerprint density at radius 1 is 0.429 bits per heavy atom. The first-order chi connectivity index (χ1) is 16.2. The molecule has 5 aromatic rings. The van der Waals surface area contributed by atoms with Gasteiger partial charge in [0.15, 0.2) is 0 Å². The zero-order chi connectivity index (χ0) is 25.5. The summed E-state index contributed by atoms with van der Waals surface area (Å²) >= 11 is 0. The molecule has 0 radical (unpaired) electrons. The molecule has 0 aliphatic heterocycles. The summed E-state index contributed by atoms with van der Waals surface area (Å²) in [5, 5.41) is 11.0. The van der Waals surface area contributed by atoms with Crippen molar-refractivity contribution in [2.45, 2.75) is 85.5 Å². The molecule has 0 bridgehead atoms. The largest absolute Gasteiger partial charge is 0.0584 e. The summed E-state index contributed by atoms with van der Waals surface area (Å²) in [5.74, 6) is 0. The number of rotatable bonds is 0. The second-order valence-electron chi connectivity index (χ2n) is 13.6. The molecule has 0 fully saturated rings. The molecule has 0 saturated carbocycles. The van der Waals surface area contributed by atoms with Gasteiger partial charge < -0.3 is 0 Å². The Morgan fingerprint density at radius 2 is 1.00 bits per heavy atom. The van der Waals surface area contributed by atoms with E-state index in [9.17, 15) is 0 Å². The Bertz CT molecular complexity index is 1620. The predicted octanol–water partition coefficient (Wildman–Crippen LogP) is 10.5. The Labute approximate surface area is 211 Å². The van der Waals surface area contributed by atoms with Crippen LogP contribution in [0.2, 0.25) is 0 Å². The summed E-state index contributed by atoms with van der Waals surface area (Å²) in [6, 6.07) is 23.6. The van der Waals surface area contributed by atoms with Crippen LogP contribution in [0.15, 0.2) is 60.7 Å². The fraction of sp³-hybridized carbons (Fsp3) is 0.371. The highest BCUT2D eigenvalue weighted by molar-refractivity contribution is 6.24. The van der Waals surface area contributed by atoms with Crippen LogP contribution in [0.1, 0.15) is 84.6 Å². The van der Waals surface area contributed by atoms with Crippen molar-refractivity contribution in [3.8, 4) is 0 Å². The second kappa shape index (κ2) is 7.57. The quantitative estimate of drug-likeness (QED) is 0.202. The van der Waals surface area contributed by atoms with Crippen molar-refractivity contribution in [3.05, 3.63) is 82.9 Å². The van der Waals surface area contributed by atoms with E-state index in [4.69, 9.17) is 0 Å². The molecular formula is C35H40. The van der Waals surface area contributed by atoms with Gasteiger partial charge in [-0.3, -0.25) is 0 Å². The van der Waals surface area contributed by atoms with Crippen LogP contribution in [0.3, 0.4) is 0 Å². The summed E-state index contributed by atoms with van der Waals surface area (Å²) < 4.78 is 0. The number of benzene rings is 5. The van der Waals surface area contributed by atoms with Gasteiger partial charge in [-0.05, 0) is 101 Å². The molecule has 0 aliphatic carbocycles. The SMILES string of the molecule is Cc1ccc(C(C)(C)C)c2c1ccc1c2cc(C(C)(C)C)c2c3cc(C(C)(C)C)ccc3ccc12. The minimum Gasteiger partial charge on any atom is -0.0584 e. The summed E-state index contributed by atoms with van der Waals surface area (Å²) in [5.41, 5.74) is 5.81. The fourth-order valence-electron chi connectivity index (χ4n) is 5.74. The lowest BCUT2D eigenvalue weighted by Crippen LogP contribution is -2.14. The zero-order valence-electron chi connectivity index (χ0n) is 23.3. The van der Waals surface area contributed by atoms with E-state index in [-0.39, 0.29) is 16.2 Å². The molecule has 0 atom stereocenters. The standard InChI is InChI=1S/C35H40/c1-21-11-18-29(34(5,6)7)31-24(21)16-17-25-26-15-13-22-12-14-23(33(2,3)4)19-27(22)32(26)30(20-28(25)31)35(8,9)10/h11-20H,1-10H3. The van der Waals surface area contributed by atoms with Crippen molar-refractivity contribution in [3.63, 3.8) is 0 Å². The van der Waals surface area contributed by atoms with E-state index < -0.39 is 0 Å². The van der Waals surface area contributed by atoms with Crippen molar-refractivity contribution < 1.29 is 0 Å². The first kappa shape index (κ1) is 23.9. The van der Waals surface area contributed by atoms with E-state index in [1.165, 1.54) is 65.3 Å². The van der Waals surface area contributed by atoms with Gasteiger partial charge in [0.1, 0.15) is 0 Å². The average molecular weight is 461 g/mol. The van der Waals surface area contributed by atoms with Crippen LogP contribution in [0.4, 0.5) is 0 Å². The minimum absolute atomic E-state index is 0.0202. The summed E-state index contributed by atoms with van der Waals surface area (Å²) in [7, 11) is 0. The number of aryl methyl sites for hydroxylation is 1. The maximum Gasteiger partial charge on any atom is -0.00614 e. The van der Waals surface area contributed by atoms with E-state index in [1.54, 1.807) is 0 Å². The molecule has 5 rings (SSSR count). The van der Waals surface area contributed by atoms with Crippen molar-refractivity contribution in [2.24, 2.45) is 0 Å². The summed E-state index contributed by atoms with van der Waals surface area (Å²) in [6.07, 6.45) is 0. The maximum absolute atomic E-state index is 2.53. The molecule has 0 nitrogen and oxygen atoms in total. The third-order valence-corrected chi connectivity index (χ3v) is 7.79. The van der Waals surface area contributed by atoms with Gasteiger partial charge in [0.2, 0.25) is 0 Å². The molecule has 0 unspecified atom stereocenters. The molecule has 0 aromatic heterocycles. The Balaban J connectivity index is 2.07. The lowest BCUT2D eigenvalue weighted by atomic mass is 9.77. The van der Waals surface area contributed by atoms with Crippen LogP contribution < -0.4 is 0 Å². The Morgan fingerprint density at radius 3 is 1.63 bits per heavy atom. The minimum atomic E-state index is 0.0202. The van der Waals surface area contributed by atoms with E-state index in [0.717, 1.165) is 0 Å². The van der Waals surface area contributed by atoms with E-state index in [0.29, 0.717) is 0 Å². The van der Waals surface area contributed by atoms with Gasteiger partial charge in [0, 0.05) is 0 Å². The van der Waals surface area contributed by atoms with Gasteiger partial charge in [-0.2, -0.15) is 0 Å². The van der Waals surface area contributed by atoms with Crippen molar-refractivity contribution in [1.82, 2.24) is 0 Å². The van der Waals surface area contributed by atoms with E-state index in [2.05, 4.69) is 130 Å². The van der Waals surface area contributed by atoms with Gasteiger partial charge in [-0.1, -0.05) is 111 Å². The highest BCUT2D eigenvalue weighted by atomic mass is 14.3. The van der Waals surface area contributed by atoms with Gasteiger partial charge in [-0.25, -0.2) is 0 Å². The third kappa shape index (κ3) is 3.83. The van der Waals surface area contributed by atoms with Gasteiger partial charge in [0.05, 0.1) is 0 Å². The highest BCUT2D eigenvalue weighted by Crippen LogP contribution is 2.44. The molecule has 5 aromatic carbocycles. The zero-order valence-corrected chi connectivity index (χ0v) is 23.3. The molecule has 180 valence electrons. The van der Waals surface area contributed by atoms with Gasteiger partial charge in [0.25, 0.3) is 0 Å². The van der Waals surface area contributed by atoms with E-state index >= 15 is 0 Å². The van der Waals surface area contributed by atoms with Crippen molar-refractivity contribution in [1.29, 1.82) is 0 Å². The maximum atomic E-state index is 2.53. The number of hydrogen-bond acceptors (Lipinski definition) is 0. The number of fused-ring (bicyclic) bond motifs is 7. The van der Waals surface area contributed by atoms with Crippen molar-refractivity contribution in [2.75, 3.05) is 0 Å². The topological polar surface area (TPSA) is 0 Å². The van der Waals surface area contributed by atoms with Crippen LogP contribution in [-0.4, -0.2) is 0 Å². The monoisotopic (exact) mass is 460 g/mol. The van der Waals surface area contributed by atoms with Gasteiger partial charge >= 0.3 is 0 Å². The smallest absolute Gasteiger partial charge is 0.00614 e. The Kier molecular flexibility index (Phi) is 5.16. The molecule has 35 heavy (non-hydrogen) atoms. The molecule has 0 spiro atoms. The van der Waals surface area contributed by atoms with Crippen LogP contribution in [0.5, 0.6) is 0 Å². The molecule has 0 heteroatoms. The molecule has 0 heterocycles. The summed E-state index contributed by atoms with van der Waals surface area (Å²) in [6.45, 7) is 23.3. The average Bonchev–Trinajstić information content (AvgIpc) is 2.75. The Hall–Kier alpha value is -2.86. The second-order valence-corrected chi connectivity index (χ2v) is 13.6. The summed E-state index contributed by atoms with van der Waals surface area (Å²) in [4.78, 5) is 0. The fourth-order valence-corrected chi connectivity index (χ4v) is 5.74. The van der Waals surface area contributed by atoms with Crippen LogP contribution in [0, 0.1) is 6.92 Å². The van der Waals surface area contributed by atoms with Crippen LogP contribution in [-0.2, 0) is 16.2 Å².